The number of thioether (sulfide) groups is 1. The van der Waals surface area contributed by atoms with E-state index in [0.717, 1.165) is 28.5 Å². The topological polar surface area (TPSA) is 81.2 Å². The van der Waals surface area contributed by atoms with Crippen LogP contribution in [-0.2, 0) is 20.7 Å². The normalized spacial score (nSPS) is 11.2. The Morgan fingerprint density at radius 1 is 1.21 bits per heavy atom. The molecule has 0 aliphatic rings. The van der Waals surface area contributed by atoms with Crippen LogP contribution in [0.25, 0.3) is 0 Å². The molecule has 0 saturated heterocycles. The molecule has 0 spiro atoms. The second-order valence-corrected chi connectivity index (χ2v) is 7.08. The van der Waals surface area contributed by atoms with E-state index in [1.165, 1.54) is 11.8 Å². The van der Waals surface area contributed by atoms with Crippen LogP contribution in [0.1, 0.15) is 50.6 Å². The molecule has 1 aromatic heterocycles. The third-order valence-electron chi connectivity index (χ3n) is 3.89. The molecule has 7 heteroatoms. The third-order valence-corrected chi connectivity index (χ3v) is 4.44. The van der Waals surface area contributed by atoms with Gasteiger partial charge in [0.15, 0.2) is 11.8 Å². The summed E-state index contributed by atoms with van der Waals surface area (Å²) in [4.78, 5) is 32.4. The Kier molecular flexibility index (Phi) is 7.66. The molecule has 6 nitrogen and oxygen atoms in total. The van der Waals surface area contributed by atoms with Gasteiger partial charge in [0, 0.05) is 23.3 Å². The number of carbonyl (C=O) groups is 2. The molecule has 1 N–H and O–H groups in total. The molecular weight excluding hydrogens is 326 g/mol. The van der Waals surface area contributed by atoms with Crippen LogP contribution in [0.5, 0.6) is 0 Å². The van der Waals surface area contributed by atoms with E-state index in [0.29, 0.717) is 6.42 Å². The molecule has 0 bridgehead atoms. The van der Waals surface area contributed by atoms with Gasteiger partial charge in [-0.3, -0.25) is 9.59 Å². The highest BCUT2D eigenvalue weighted by Gasteiger charge is 2.19. The molecule has 0 saturated carbocycles. The fourth-order valence-electron chi connectivity index (χ4n) is 2.11. The van der Waals surface area contributed by atoms with E-state index in [4.69, 9.17) is 4.74 Å². The van der Waals surface area contributed by atoms with Crippen molar-refractivity contribution in [3.05, 3.63) is 17.0 Å². The van der Waals surface area contributed by atoms with Crippen molar-refractivity contribution in [3.8, 4) is 0 Å². The van der Waals surface area contributed by atoms with Gasteiger partial charge in [-0.1, -0.05) is 18.7 Å². The minimum Gasteiger partial charge on any atom is -0.456 e. The summed E-state index contributed by atoms with van der Waals surface area (Å²) in [5.41, 5.74) is 2.42. The number of nitrogens with zero attached hydrogens (tertiary/aromatic N) is 2. The summed E-state index contributed by atoms with van der Waals surface area (Å²) in [5.74, 6) is -0.678. The number of carbonyl (C=O) groups excluding carboxylic acids is 2. The Bertz CT molecular complexity index is 580. The van der Waals surface area contributed by atoms with Crippen molar-refractivity contribution in [2.75, 3.05) is 12.9 Å². The predicted octanol–water partition coefficient (Wildman–Crippen LogP) is 2.60. The van der Waals surface area contributed by atoms with Crippen LogP contribution >= 0.6 is 11.8 Å². The zero-order valence-corrected chi connectivity index (χ0v) is 16.2. The van der Waals surface area contributed by atoms with Crippen molar-refractivity contribution in [2.45, 2.75) is 64.6 Å². The Balaban J connectivity index is 2.49. The highest BCUT2D eigenvalue weighted by molar-refractivity contribution is 7.98. The average molecular weight is 353 g/mol. The van der Waals surface area contributed by atoms with Gasteiger partial charge in [-0.05, 0) is 52.4 Å². The van der Waals surface area contributed by atoms with E-state index in [9.17, 15) is 9.59 Å². The molecule has 0 fully saturated rings. The molecule has 0 aromatic carbocycles. The molecule has 0 atom stereocenters. The lowest BCUT2D eigenvalue weighted by Gasteiger charge is -2.24. The molecule has 24 heavy (non-hydrogen) atoms. The number of aryl methyl sites for hydroxylation is 2. The Labute approximate surface area is 148 Å². The minimum absolute atomic E-state index is 0.202. The number of esters is 1. The number of rotatable bonds is 8. The molecular formula is C17H27N3O3S. The molecule has 1 heterocycles. The number of ether oxygens (including phenoxy) is 1. The van der Waals surface area contributed by atoms with Crippen LogP contribution in [0.3, 0.4) is 0 Å². The van der Waals surface area contributed by atoms with Crippen molar-refractivity contribution in [1.29, 1.82) is 0 Å². The minimum atomic E-state index is -0.396. The maximum Gasteiger partial charge on any atom is 0.306 e. The molecule has 0 radical (unpaired) electrons. The predicted molar refractivity (Wildman–Crippen MR) is 95.1 cm³/mol. The summed E-state index contributed by atoms with van der Waals surface area (Å²) in [5, 5.41) is 3.56. The van der Waals surface area contributed by atoms with Crippen molar-refractivity contribution in [3.63, 3.8) is 0 Å². The summed E-state index contributed by atoms with van der Waals surface area (Å²) < 4.78 is 5.04. The lowest BCUT2D eigenvalue weighted by atomic mass is 10.0. The highest BCUT2D eigenvalue weighted by Crippen LogP contribution is 2.17. The van der Waals surface area contributed by atoms with Crippen LogP contribution in [0, 0.1) is 13.8 Å². The van der Waals surface area contributed by atoms with E-state index < -0.39 is 5.97 Å². The monoisotopic (exact) mass is 353 g/mol. The van der Waals surface area contributed by atoms with Crippen LogP contribution in [0.4, 0.5) is 0 Å². The van der Waals surface area contributed by atoms with Crippen molar-refractivity contribution >= 4 is 23.6 Å². The number of hydrogen-bond acceptors (Lipinski definition) is 6. The summed E-state index contributed by atoms with van der Waals surface area (Å²) in [7, 11) is 0. The first-order chi connectivity index (χ1) is 11.2. The highest BCUT2D eigenvalue weighted by atomic mass is 32.2. The first-order valence-corrected chi connectivity index (χ1v) is 9.25. The first-order valence-electron chi connectivity index (χ1n) is 8.03. The second-order valence-electron chi connectivity index (χ2n) is 6.31. The van der Waals surface area contributed by atoms with Crippen molar-refractivity contribution in [2.24, 2.45) is 0 Å². The van der Waals surface area contributed by atoms with E-state index >= 15 is 0 Å². The molecule has 0 aliphatic heterocycles. The van der Waals surface area contributed by atoms with E-state index in [-0.39, 0.29) is 24.5 Å². The van der Waals surface area contributed by atoms with Crippen LogP contribution in [0.15, 0.2) is 5.16 Å². The van der Waals surface area contributed by atoms with Gasteiger partial charge in [0.05, 0.1) is 0 Å². The number of nitrogens with one attached hydrogen (secondary N) is 1. The van der Waals surface area contributed by atoms with Gasteiger partial charge < -0.3 is 10.1 Å². The van der Waals surface area contributed by atoms with Crippen molar-refractivity contribution < 1.29 is 14.3 Å². The maximum atomic E-state index is 11.9. The van der Waals surface area contributed by atoms with Gasteiger partial charge in [-0.15, -0.1) is 0 Å². The average Bonchev–Trinajstić information content (AvgIpc) is 2.51. The molecule has 1 rings (SSSR count). The number of hydrogen-bond donors (Lipinski definition) is 1. The van der Waals surface area contributed by atoms with Crippen molar-refractivity contribution in [1.82, 2.24) is 15.3 Å². The Morgan fingerprint density at radius 3 is 2.29 bits per heavy atom. The third kappa shape index (κ3) is 6.47. The largest absolute Gasteiger partial charge is 0.456 e. The second kappa shape index (κ2) is 9.01. The summed E-state index contributed by atoms with van der Waals surface area (Å²) in [6.07, 6.45) is 3.44. The zero-order valence-electron chi connectivity index (χ0n) is 15.4. The maximum absolute atomic E-state index is 11.9. The fraction of sp³-hybridized carbons (Fsp3) is 0.647. The van der Waals surface area contributed by atoms with Crippen LogP contribution < -0.4 is 5.32 Å². The molecule has 0 aliphatic carbocycles. The summed E-state index contributed by atoms with van der Waals surface area (Å²) >= 11 is 1.49. The molecule has 1 amide bonds. The summed E-state index contributed by atoms with van der Waals surface area (Å²) in [6.45, 7) is 9.42. The SMILES string of the molecule is CCC(C)(C)NC(=O)COC(=O)CCc1c(C)nc(SC)nc1C. The Hall–Kier alpha value is -1.63. The summed E-state index contributed by atoms with van der Waals surface area (Å²) in [6, 6.07) is 0. The molecule has 134 valence electrons. The Morgan fingerprint density at radius 2 is 1.79 bits per heavy atom. The standard InChI is InChI=1S/C17H27N3O3S/c1-7-17(4,5)20-14(21)10-23-15(22)9-8-13-11(2)18-16(24-6)19-12(13)3/h7-10H2,1-6H3,(H,20,21). The van der Waals surface area contributed by atoms with E-state index in [1.807, 2.05) is 40.9 Å². The lowest BCUT2D eigenvalue weighted by molar-refractivity contribution is -0.149. The van der Waals surface area contributed by atoms with E-state index in [2.05, 4.69) is 15.3 Å². The van der Waals surface area contributed by atoms with Gasteiger partial charge >= 0.3 is 5.97 Å². The van der Waals surface area contributed by atoms with Crippen LogP contribution in [0.2, 0.25) is 0 Å². The number of aromatic nitrogens is 2. The smallest absolute Gasteiger partial charge is 0.306 e. The van der Waals surface area contributed by atoms with Gasteiger partial charge in [0.2, 0.25) is 0 Å². The van der Waals surface area contributed by atoms with Gasteiger partial charge in [-0.2, -0.15) is 0 Å². The van der Waals surface area contributed by atoms with Gasteiger partial charge in [0.25, 0.3) is 5.91 Å². The molecule has 1 aromatic rings. The lowest BCUT2D eigenvalue weighted by Crippen LogP contribution is -2.44. The van der Waals surface area contributed by atoms with Gasteiger partial charge in [0.1, 0.15) is 0 Å². The molecule has 0 unspecified atom stereocenters. The first kappa shape index (κ1) is 20.4. The van der Waals surface area contributed by atoms with Gasteiger partial charge in [-0.25, -0.2) is 9.97 Å². The van der Waals surface area contributed by atoms with Crippen LogP contribution in [-0.4, -0.2) is 40.2 Å². The fourth-order valence-corrected chi connectivity index (χ4v) is 2.57. The number of amides is 1. The quantitative estimate of drug-likeness (QED) is 0.439. The zero-order chi connectivity index (χ0) is 18.3. The van der Waals surface area contributed by atoms with E-state index in [1.54, 1.807) is 0 Å².